The Morgan fingerprint density at radius 1 is 0.917 bits per heavy atom. The van der Waals surface area contributed by atoms with Crippen LogP contribution >= 0.6 is 0 Å². The van der Waals surface area contributed by atoms with E-state index in [0.29, 0.717) is 11.3 Å². The summed E-state index contributed by atoms with van der Waals surface area (Å²) < 4.78 is 5.05. The minimum Gasteiger partial charge on any atom is -0.452 e. The van der Waals surface area contributed by atoms with Gasteiger partial charge in [0.2, 0.25) is 5.91 Å². The van der Waals surface area contributed by atoms with Crippen molar-refractivity contribution in [1.29, 1.82) is 0 Å². The predicted octanol–water partition coefficient (Wildman–Crippen LogP) is 1.75. The lowest BCUT2D eigenvalue weighted by atomic mass is 10.2. The van der Waals surface area contributed by atoms with E-state index in [1.165, 1.54) is 4.90 Å². The number of carbonyl (C=O) groups is 3. The summed E-state index contributed by atoms with van der Waals surface area (Å²) in [6, 6.07) is 17.2. The van der Waals surface area contributed by atoms with Gasteiger partial charge in [0.05, 0.1) is 5.56 Å². The quantitative estimate of drug-likeness (QED) is 0.785. The predicted molar refractivity (Wildman–Crippen MR) is 89.3 cm³/mol. The van der Waals surface area contributed by atoms with E-state index in [-0.39, 0.29) is 13.0 Å². The van der Waals surface area contributed by atoms with E-state index < -0.39 is 24.4 Å². The van der Waals surface area contributed by atoms with Gasteiger partial charge in [-0.25, -0.2) is 4.79 Å². The maximum atomic E-state index is 12.4. The second-order valence-electron chi connectivity index (χ2n) is 5.04. The van der Waals surface area contributed by atoms with Crippen molar-refractivity contribution >= 4 is 23.5 Å². The third-order valence-corrected chi connectivity index (χ3v) is 3.29. The van der Waals surface area contributed by atoms with Gasteiger partial charge in [-0.3, -0.25) is 9.59 Å². The van der Waals surface area contributed by atoms with Crippen LogP contribution in [-0.4, -0.2) is 30.9 Å². The maximum Gasteiger partial charge on any atom is 0.338 e. The number of benzene rings is 2. The van der Waals surface area contributed by atoms with Crippen LogP contribution in [0.3, 0.4) is 0 Å². The topological polar surface area (TPSA) is 89.7 Å². The first-order valence-electron chi connectivity index (χ1n) is 7.44. The van der Waals surface area contributed by atoms with Gasteiger partial charge < -0.3 is 15.4 Å². The van der Waals surface area contributed by atoms with Gasteiger partial charge in [-0.05, 0) is 24.3 Å². The molecule has 0 bridgehead atoms. The number of carbonyl (C=O) groups excluding carboxylic acids is 3. The molecule has 2 N–H and O–H groups in total. The molecule has 2 rings (SSSR count). The standard InChI is InChI=1S/C18H18N2O4/c19-16(21)11-12-20(15-9-5-2-6-10-15)17(22)13-24-18(23)14-7-3-1-4-8-14/h1-10H,11-13H2,(H2,19,21). The first-order chi connectivity index (χ1) is 11.6. The molecule has 0 atom stereocenters. The molecule has 6 heteroatoms. The van der Waals surface area contributed by atoms with E-state index in [2.05, 4.69) is 0 Å². The lowest BCUT2D eigenvalue weighted by molar-refractivity contribution is -0.121. The Hall–Kier alpha value is -3.15. The van der Waals surface area contributed by atoms with Crippen molar-refractivity contribution in [2.24, 2.45) is 5.73 Å². The third-order valence-electron chi connectivity index (χ3n) is 3.29. The van der Waals surface area contributed by atoms with Crippen LogP contribution in [0, 0.1) is 0 Å². The highest BCUT2D eigenvalue weighted by atomic mass is 16.5. The molecule has 0 aliphatic carbocycles. The van der Waals surface area contributed by atoms with Crippen LogP contribution in [0.15, 0.2) is 60.7 Å². The van der Waals surface area contributed by atoms with Gasteiger partial charge in [0.15, 0.2) is 6.61 Å². The van der Waals surface area contributed by atoms with Crippen LogP contribution in [-0.2, 0) is 14.3 Å². The summed E-state index contributed by atoms with van der Waals surface area (Å²) in [7, 11) is 0. The fourth-order valence-corrected chi connectivity index (χ4v) is 2.09. The van der Waals surface area contributed by atoms with Crippen molar-refractivity contribution in [3.05, 3.63) is 66.2 Å². The zero-order valence-electron chi connectivity index (χ0n) is 13.1. The van der Waals surface area contributed by atoms with E-state index in [1.807, 2.05) is 6.07 Å². The molecule has 0 aliphatic heterocycles. The van der Waals surface area contributed by atoms with Crippen LogP contribution in [0.5, 0.6) is 0 Å². The van der Waals surface area contributed by atoms with Gasteiger partial charge in [-0.1, -0.05) is 36.4 Å². The summed E-state index contributed by atoms with van der Waals surface area (Å²) in [6.45, 7) is -0.289. The Morgan fingerprint density at radius 2 is 1.50 bits per heavy atom. The van der Waals surface area contributed by atoms with Crippen molar-refractivity contribution in [2.45, 2.75) is 6.42 Å². The number of anilines is 1. The van der Waals surface area contributed by atoms with E-state index in [9.17, 15) is 14.4 Å². The molecule has 2 amide bonds. The smallest absolute Gasteiger partial charge is 0.338 e. The number of hydrogen-bond acceptors (Lipinski definition) is 4. The number of ether oxygens (including phenoxy) is 1. The van der Waals surface area contributed by atoms with Gasteiger partial charge in [0, 0.05) is 18.7 Å². The molecule has 2 aromatic carbocycles. The summed E-state index contributed by atoms with van der Waals surface area (Å²) in [4.78, 5) is 36.7. The Kier molecular flexibility index (Phi) is 6.08. The fourth-order valence-electron chi connectivity index (χ4n) is 2.09. The van der Waals surface area contributed by atoms with Crippen molar-refractivity contribution < 1.29 is 19.1 Å². The number of nitrogens with zero attached hydrogens (tertiary/aromatic N) is 1. The Bertz CT molecular complexity index is 701. The number of nitrogens with two attached hydrogens (primary N) is 1. The van der Waals surface area contributed by atoms with Gasteiger partial charge >= 0.3 is 5.97 Å². The molecule has 2 aromatic rings. The SMILES string of the molecule is NC(=O)CCN(C(=O)COC(=O)c1ccccc1)c1ccccc1. The zero-order valence-corrected chi connectivity index (χ0v) is 13.1. The molecule has 24 heavy (non-hydrogen) atoms. The molecule has 0 spiro atoms. The van der Waals surface area contributed by atoms with Crippen LogP contribution in [0.4, 0.5) is 5.69 Å². The van der Waals surface area contributed by atoms with Crippen molar-refractivity contribution in [2.75, 3.05) is 18.1 Å². The van der Waals surface area contributed by atoms with Gasteiger partial charge in [-0.15, -0.1) is 0 Å². The van der Waals surface area contributed by atoms with E-state index in [4.69, 9.17) is 10.5 Å². The van der Waals surface area contributed by atoms with Crippen LogP contribution in [0.2, 0.25) is 0 Å². The lowest BCUT2D eigenvalue weighted by Gasteiger charge is -2.22. The van der Waals surface area contributed by atoms with Gasteiger partial charge in [-0.2, -0.15) is 0 Å². The number of rotatable bonds is 7. The van der Waals surface area contributed by atoms with Gasteiger partial charge in [0.25, 0.3) is 5.91 Å². The average molecular weight is 326 g/mol. The molecular formula is C18H18N2O4. The molecule has 0 aliphatic rings. The minimum atomic E-state index is -0.577. The summed E-state index contributed by atoms with van der Waals surface area (Å²) in [5, 5.41) is 0. The molecule has 0 heterocycles. The number of hydrogen-bond donors (Lipinski definition) is 1. The molecule has 0 fully saturated rings. The molecule has 0 saturated heterocycles. The van der Waals surface area contributed by atoms with Crippen LogP contribution < -0.4 is 10.6 Å². The van der Waals surface area contributed by atoms with Crippen molar-refractivity contribution in [3.8, 4) is 0 Å². The fraction of sp³-hybridized carbons (Fsp3) is 0.167. The largest absolute Gasteiger partial charge is 0.452 e. The molecule has 0 saturated carbocycles. The van der Waals surface area contributed by atoms with E-state index >= 15 is 0 Å². The first kappa shape index (κ1) is 17.2. The summed E-state index contributed by atoms with van der Waals surface area (Å²) >= 11 is 0. The Labute approximate surface area is 139 Å². The number of primary amides is 1. The first-order valence-corrected chi connectivity index (χ1v) is 7.44. The summed E-state index contributed by atoms with van der Waals surface area (Å²) in [5.74, 6) is -1.51. The molecule has 124 valence electrons. The van der Waals surface area contributed by atoms with E-state index in [1.54, 1.807) is 54.6 Å². The molecule has 0 radical (unpaired) electrons. The number of esters is 1. The number of amides is 2. The Balaban J connectivity index is 2.02. The highest BCUT2D eigenvalue weighted by molar-refractivity contribution is 5.97. The summed E-state index contributed by atoms with van der Waals surface area (Å²) in [6.07, 6.45) is 0.0211. The van der Waals surface area contributed by atoms with Gasteiger partial charge in [0.1, 0.15) is 0 Å². The van der Waals surface area contributed by atoms with E-state index in [0.717, 1.165) is 0 Å². The van der Waals surface area contributed by atoms with Crippen molar-refractivity contribution in [3.63, 3.8) is 0 Å². The zero-order chi connectivity index (χ0) is 17.4. The highest BCUT2D eigenvalue weighted by Gasteiger charge is 2.18. The monoisotopic (exact) mass is 326 g/mol. The second-order valence-corrected chi connectivity index (χ2v) is 5.04. The van der Waals surface area contributed by atoms with Crippen LogP contribution in [0.25, 0.3) is 0 Å². The Morgan fingerprint density at radius 3 is 2.08 bits per heavy atom. The lowest BCUT2D eigenvalue weighted by Crippen LogP contribution is -2.37. The normalized spacial score (nSPS) is 10.0. The molecule has 0 unspecified atom stereocenters. The molecule has 6 nitrogen and oxygen atoms in total. The number of para-hydroxylation sites is 1. The summed E-state index contributed by atoms with van der Waals surface area (Å²) in [5.41, 5.74) is 6.13. The molecule has 0 aromatic heterocycles. The second kappa shape index (κ2) is 8.47. The van der Waals surface area contributed by atoms with Crippen LogP contribution in [0.1, 0.15) is 16.8 Å². The minimum absolute atomic E-state index is 0.0211. The van der Waals surface area contributed by atoms with Crippen molar-refractivity contribution in [1.82, 2.24) is 0 Å². The molecular weight excluding hydrogens is 308 g/mol. The average Bonchev–Trinajstić information content (AvgIpc) is 2.61. The third kappa shape index (κ3) is 4.95. The maximum absolute atomic E-state index is 12.4. The highest BCUT2D eigenvalue weighted by Crippen LogP contribution is 2.14.